The maximum Gasteiger partial charge on any atom is 0.410 e. The van der Waals surface area contributed by atoms with Crippen LogP contribution in [0.1, 0.15) is 12.0 Å². The fraction of sp³-hybridized carbons (Fsp3) is 0.400. The molecule has 2 amide bonds. The molecule has 1 aromatic rings. The van der Waals surface area contributed by atoms with Crippen LogP contribution in [0.5, 0.6) is 0 Å². The average molecular weight is 322 g/mol. The highest BCUT2D eigenvalue weighted by Crippen LogP contribution is 2.20. The fourth-order valence-corrected chi connectivity index (χ4v) is 2.48. The zero-order chi connectivity index (χ0) is 16.8. The standard InChI is InChI=1S/C15H18N2O6/c1-22-13(18)12-7-11(16-14(19)20)8-17(12)15(21)23-9-10-5-3-2-4-6-10/h2-6,11-12,16H,7-9H2,1H3,(H,19,20)/t11-,12-/m1/s1. The van der Waals surface area contributed by atoms with Crippen molar-refractivity contribution in [3.8, 4) is 0 Å². The molecule has 1 saturated heterocycles. The molecule has 0 radical (unpaired) electrons. The molecule has 0 aromatic heterocycles. The van der Waals surface area contributed by atoms with Crippen LogP contribution in [0.4, 0.5) is 9.59 Å². The number of methoxy groups -OCH3 is 1. The van der Waals surface area contributed by atoms with Gasteiger partial charge in [0, 0.05) is 13.0 Å². The SMILES string of the molecule is COC(=O)[C@H]1C[C@@H](NC(=O)O)CN1C(=O)OCc1ccccc1. The van der Waals surface area contributed by atoms with Crippen LogP contribution in [-0.2, 0) is 20.9 Å². The Bertz CT molecular complexity index is 577. The minimum absolute atomic E-state index is 0.0552. The number of carbonyl (C=O) groups is 3. The van der Waals surface area contributed by atoms with Gasteiger partial charge in [0.05, 0.1) is 13.2 Å². The van der Waals surface area contributed by atoms with Crippen molar-refractivity contribution >= 4 is 18.2 Å². The Hall–Kier alpha value is -2.77. The monoisotopic (exact) mass is 322 g/mol. The normalized spacial score (nSPS) is 20.0. The highest BCUT2D eigenvalue weighted by molar-refractivity contribution is 5.82. The number of nitrogens with zero attached hydrogens (tertiary/aromatic N) is 1. The molecular formula is C15H18N2O6. The van der Waals surface area contributed by atoms with Crippen LogP contribution in [0.2, 0.25) is 0 Å². The molecule has 1 heterocycles. The molecule has 8 nitrogen and oxygen atoms in total. The van der Waals surface area contributed by atoms with Gasteiger partial charge in [0.2, 0.25) is 0 Å². The van der Waals surface area contributed by atoms with Crippen LogP contribution < -0.4 is 5.32 Å². The lowest BCUT2D eigenvalue weighted by Gasteiger charge is -2.21. The molecule has 0 bridgehead atoms. The largest absolute Gasteiger partial charge is 0.467 e. The molecule has 23 heavy (non-hydrogen) atoms. The summed E-state index contributed by atoms with van der Waals surface area (Å²) in [4.78, 5) is 35.9. The number of hydrogen-bond acceptors (Lipinski definition) is 5. The lowest BCUT2D eigenvalue weighted by molar-refractivity contribution is -0.145. The van der Waals surface area contributed by atoms with Gasteiger partial charge < -0.3 is 19.9 Å². The molecule has 2 rings (SSSR count). The zero-order valence-corrected chi connectivity index (χ0v) is 12.6. The summed E-state index contributed by atoms with van der Waals surface area (Å²) in [7, 11) is 1.22. The van der Waals surface area contributed by atoms with E-state index in [0.717, 1.165) is 5.56 Å². The van der Waals surface area contributed by atoms with Gasteiger partial charge in [-0.2, -0.15) is 0 Å². The molecule has 0 spiro atoms. The third-order valence-electron chi connectivity index (χ3n) is 3.54. The quantitative estimate of drug-likeness (QED) is 0.807. The predicted molar refractivity (Wildman–Crippen MR) is 78.7 cm³/mol. The van der Waals surface area contributed by atoms with Gasteiger partial charge in [-0.05, 0) is 5.56 Å². The number of ether oxygens (including phenoxy) is 2. The van der Waals surface area contributed by atoms with Crippen molar-refractivity contribution in [2.75, 3.05) is 13.7 Å². The van der Waals surface area contributed by atoms with Crippen LogP contribution in [0, 0.1) is 0 Å². The molecule has 1 aliphatic heterocycles. The van der Waals surface area contributed by atoms with Gasteiger partial charge in [0.25, 0.3) is 0 Å². The molecule has 8 heteroatoms. The Morgan fingerprint density at radius 3 is 2.61 bits per heavy atom. The van der Waals surface area contributed by atoms with E-state index in [1.54, 1.807) is 0 Å². The summed E-state index contributed by atoms with van der Waals surface area (Å²) in [6.07, 6.45) is -1.74. The highest BCUT2D eigenvalue weighted by Gasteiger charge is 2.41. The number of carbonyl (C=O) groups excluding carboxylic acids is 2. The van der Waals surface area contributed by atoms with E-state index in [4.69, 9.17) is 9.84 Å². The second-order valence-electron chi connectivity index (χ2n) is 5.11. The molecule has 1 aromatic carbocycles. The number of esters is 1. The first-order chi connectivity index (χ1) is 11.0. The van der Waals surface area contributed by atoms with Crippen molar-refractivity contribution < 1.29 is 29.0 Å². The number of amides is 2. The number of benzene rings is 1. The van der Waals surface area contributed by atoms with E-state index >= 15 is 0 Å². The molecule has 0 aliphatic carbocycles. The fourth-order valence-electron chi connectivity index (χ4n) is 2.48. The highest BCUT2D eigenvalue weighted by atomic mass is 16.6. The molecule has 1 aliphatic rings. The predicted octanol–water partition coefficient (Wildman–Crippen LogP) is 1.21. The number of carboxylic acid groups (broad SMARTS) is 1. The summed E-state index contributed by atoms with van der Waals surface area (Å²) >= 11 is 0. The van der Waals surface area contributed by atoms with Crippen molar-refractivity contribution in [2.45, 2.75) is 25.1 Å². The summed E-state index contributed by atoms with van der Waals surface area (Å²) in [5, 5.41) is 11.0. The lowest BCUT2D eigenvalue weighted by Crippen LogP contribution is -2.42. The Kier molecular flexibility index (Phi) is 5.40. The van der Waals surface area contributed by atoms with E-state index in [1.807, 2.05) is 30.3 Å². The summed E-state index contributed by atoms with van der Waals surface area (Å²) in [6.45, 7) is 0.126. The summed E-state index contributed by atoms with van der Waals surface area (Å²) in [6, 6.07) is 7.71. The molecule has 2 atom stereocenters. The maximum absolute atomic E-state index is 12.2. The summed E-state index contributed by atoms with van der Waals surface area (Å²) in [5.74, 6) is -0.601. The zero-order valence-electron chi connectivity index (χ0n) is 12.6. The van der Waals surface area contributed by atoms with Gasteiger partial charge in [0.1, 0.15) is 12.6 Å². The van der Waals surface area contributed by atoms with E-state index in [9.17, 15) is 14.4 Å². The molecule has 2 N–H and O–H groups in total. The van der Waals surface area contributed by atoms with Gasteiger partial charge >= 0.3 is 18.2 Å². The van der Waals surface area contributed by atoms with E-state index < -0.39 is 30.2 Å². The third-order valence-corrected chi connectivity index (χ3v) is 3.54. The second-order valence-corrected chi connectivity index (χ2v) is 5.11. The second kappa shape index (κ2) is 7.48. The number of likely N-dealkylation sites (tertiary alicyclic amines) is 1. The molecular weight excluding hydrogens is 304 g/mol. The Morgan fingerprint density at radius 2 is 2.00 bits per heavy atom. The van der Waals surface area contributed by atoms with Crippen LogP contribution in [-0.4, -0.2) is 53.9 Å². The number of hydrogen-bond donors (Lipinski definition) is 2. The lowest BCUT2D eigenvalue weighted by atomic mass is 10.2. The minimum atomic E-state index is -1.21. The van der Waals surface area contributed by atoms with Gasteiger partial charge in [-0.25, -0.2) is 14.4 Å². The van der Waals surface area contributed by atoms with Gasteiger partial charge in [-0.3, -0.25) is 4.90 Å². The van der Waals surface area contributed by atoms with E-state index in [2.05, 4.69) is 10.1 Å². The maximum atomic E-state index is 12.2. The van der Waals surface area contributed by atoms with Crippen LogP contribution in [0.3, 0.4) is 0 Å². The van der Waals surface area contributed by atoms with Crippen LogP contribution in [0.15, 0.2) is 30.3 Å². The summed E-state index contributed by atoms with van der Waals surface area (Å²) < 4.78 is 9.86. The summed E-state index contributed by atoms with van der Waals surface area (Å²) in [5.41, 5.74) is 0.815. The Morgan fingerprint density at radius 1 is 1.30 bits per heavy atom. The van der Waals surface area contributed by atoms with Gasteiger partial charge in [0.15, 0.2) is 0 Å². The smallest absolute Gasteiger partial charge is 0.410 e. The van der Waals surface area contributed by atoms with Gasteiger partial charge in [-0.1, -0.05) is 30.3 Å². The average Bonchev–Trinajstić information content (AvgIpc) is 2.96. The minimum Gasteiger partial charge on any atom is -0.467 e. The number of nitrogens with one attached hydrogen (secondary N) is 1. The molecule has 0 unspecified atom stereocenters. The Balaban J connectivity index is 2.00. The van der Waals surface area contributed by atoms with Gasteiger partial charge in [-0.15, -0.1) is 0 Å². The Labute approximate surface area is 133 Å². The molecule has 124 valence electrons. The first-order valence-corrected chi connectivity index (χ1v) is 7.06. The first-order valence-electron chi connectivity index (χ1n) is 7.06. The number of rotatable bonds is 4. The van der Waals surface area contributed by atoms with Crippen molar-refractivity contribution in [2.24, 2.45) is 0 Å². The van der Waals surface area contributed by atoms with Crippen molar-refractivity contribution in [1.29, 1.82) is 0 Å². The first kappa shape index (κ1) is 16.6. The van der Waals surface area contributed by atoms with E-state index in [1.165, 1.54) is 12.0 Å². The van der Waals surface area contributed by atoms with E-state index in [0.29, 0.717) is 0 Å². The van der Waals surface area contributed by atoms with Crippen LogP contribution >= 0.6 is 0 Å². The van der Waals surface area contributed by atoms with E-state index in [-0.39, 0.29) is 19.6 Å². The molecule has 0 saturated carbocycles. The van der Waals surface area contributed by atoms with Crippen LogP contribution in [0.25, 0.3) is 0 Å². The van der Waals surface area contributed by atoms with Crippen molar-refractivity contribution in [3.05, 3.63) is 35.9 Å². The third kappa shape index (κ3) is 4.35. The molecule has 1 fully saturated rings. The topological polar surface area (TPSA) is 105 Å². The van der Waals surface area contributed by atoms with Crippen molar-refractivity contribution in [1.82, 2.24) is 10.2 Å². The van der Waals surface area contributed by atoms with Crippen molar-refractivity contribution in [3.63, 3.8) is 0 Å².